The number of rotatable bonds is 5. The van der Waals surface area contributed by atoms with Crippen molar-refractivity contribution in [1.29, 1.82) is 0 Å². The fourth-order valence-electron chi connectivity index (χ4n) is 3.19. The molecule has 0 atom stereocenters. The van der Waals surface area contributed by atoms with Crippen molar-refractivity contribution in [2.45, 2.75) is 13.5 Å². The van der Waals surface area contributed by atoms with Crippen LogP contribution in [0.1, 0.15) is 11.1 Å². The molecule has 0 saturated carbocycles. The van der Waals surface area contributed by atoms with Crippen molar-refractivity contribution in [2.24, 2.45) is 7.05 Å². The van der Waals surface area contributed by atoms with Crippen molar-refractivity contribution in [3.05, 3.63) is 76.5 Å². The fourth-order valence-corrected chi connectivity index (χ4v) is 3.19. The van der Waals surface area contributed by atoms with Crippen molar-refractivity contribution in [1.82, 2.24) is 19.1 Å². The predicted molar refractivity (Wildman–Crippen MR) is 109 cm³/mol. The number of hydrogen-bond donors (Lipinski definition) is 1. The van der Waals surface area contributed by atoms with Crippen LogP contribution in [0.2, 0.25) is 0 Å². The zero-order valence-corrected chi connectivity index (χ0v) is 16.0. The van der Waals surface area contributed by atoms with E-state index in [0.717, 1.165) is 28.1 Å². The van der Waals surface area contributed by atoms with E-state index in [4.69, 9.17) is 4.74 Å². The molecule has 0 aliphatic heterocycles. The van der Waals surface area contributed by atoms with Gasteiger partial charge in [-0.25, -0.2) is 9.78 Å². The van der Waals surface area contributed by atoms with Crippen molar-refractivity contribution in [3.63, 3.8) is 0 Å². The van der Waals surface area contributed by atoms with Crippen molar-refractivity contribution in [2.75, 3.05) is 12.4 Å². The summed E-state index contributed by atoms with van der Waals surface area (Å²) in [5.74, 6) is 1.26. The Morgan fingerprint density at radius 2 is 1.93 bits per heavy atom. The van der Waals surface area contributed by atoms with Crippen molar-refractivity contribution < 1.29 is 4.74 Å². The number of methoxy groups -OCH3 is 1. The molecule has 2 heterocycles. The Kier molecular flexibility index (Phi) is 4.57. The van der Waals surface area contributed by atoms with Crippen LogP contribution in [-0.4, -0.2) is 26.2 Å². The number of nitrogens with one attached hydrogen (secondary N) is 1. The van der Waals surface area contributed by atoms with Gasteiger partial charge in [0.05, 0.1) is 13.4 Å². The van der Waals surface area contributed by atoms with E-state index in [-0.39, 0.29) is 5.69 Å². The molecule has 7 heteroatoms. The van der Waals surface area contributed by atoms with Gasteiger partial charge in [-0.2, -0.15) is 4.98 Å². The van der Waals surface area contributed by atoms with Crippen LogP contribution in [0.25, 0.3) is 11.2 Å². The molecule has 0 unspecified atom stereocenters. The van der Waals surface area contributed by atoms with Crippen LogP contribution in [0.15, 0.2) is 59.7 Å². The lowest BCUT2D eigenvalue weighted by Crippen LogP contribution is -2.22. The van der Waals surface area contributed by atoms with Gasteiger partial charge in [0.1, 0.15) is 11.3 Å². The molecule has 0 aliphatic carbocycles. The third-order valence-corrected chi connectivity index (χ3v) is 4.74. The molecule has 4 rings (SSSR count). The second-order valence-corrected chi connectivity index (χ2v) is 6.64. The number of hydrogen-bond acceptors (Lipinski definition) is 5. The second-order valence-electron chi connectivity index (χ2n) is 6.64. The maximum atomic E-state index is 12.3. The highest BCUT2D eigenvalue weighted by atomic mass is 16.5. The summed E-state index contributed by atoms with van der Waals surface area (Å²) in [5, 5.41) is 3.31. The predicted octanol–water partition coefficient (Wildman–Crippen LogP) is 3.24. The van der Waals surface area contributed by atoms with Crippen molar-refractivity contribution in [3.8, 4) is 5.75 Å². The Bertz CT molecular complexity index is 1190. The normalized spacial score (nSPS) is 11.0. The van der Waals surface area contributed by atoms with Gasteiger partial charge >= 0.3 is 5.69 Å². The molecule has 0 amide bonds. The number of anilines is 2. The number of aryl methyl sites for hydroxylation is 2. The molecule has 7 nitrogen and oxygen atoms in total. The van der Waals surface area contributed by atoms with Crippen LogP contribution in [0.5, 0.6) is 5.75 Å². The minimum Gasteiger partial charge on any atom is -0.497 e. The molecule has 4 aromatic rings. The van der Waals surface area contributed by atoms with Crippen LogP contribution in [0.4, 0.5) is 11.5 Å². The number of benzene rings is 2. The quantitative estimate of drug-likeness (QED) is 0.580. The maximum absolute atomic E-state index is 12.3. The summed E-state index contributed by atoms with van der Waals surface area (Å²) in [7, 11) is 3.32. The Morgan fingerprint density at radius 1 is 1.14 bits per heavy atom. The van der Waals surface area contributed by atoms with E-state index in [9.17, 15) is 4.79 Å². The summed E-state index contributed by atoms with van der Waals surface area (Å²) in [6.07, 6.45) is 1.74. The molecule has 1 N–H and O–H groups in total. The Balaban J connectivity index is 1.82. The number of imidazole rings is 1. The van der Waals surface area contributed by atoms with Gasteiger partial charge in [-0.05, 0) is 36.2 Å². The van der Waals surface area contributed by atoms with Gasteiger partial charge in [0.15, 0.2) is 11.5 Å². The highest BCUT2D eigenvalue weighted by Gasteiger charge is 2.15. The second kappa shape index (κ2) is 7.19. The van der Waals surface area contributed by atoms with E-state index in [2.05, 4.69) is 27.4 Å². The fraction of sp³-hybridized carbons (Fsp3) is 0.190. The lowest BCUT2D eigenvalue weighted by Gasteiger charge is -2.13. The van der Waals surface area contributed by atoms with E-state index in [1.165, 1.54) is 4.57 Å². The number of fused-ring (bicyclic) bond motifs is 1. The number of aromatic nitrogens is 4. The summed E-state index contributed by atoms with van der Waals surface area (Å²) in [6.45, 7) is 2.61. The van der Waals surface area contributed by atoms with Crippen LogP contribution < -0.4 is 15.7 Å². The van der Waals surface area contributed by atoms with E-state index >= 15 is 0 Å². The molecule has 2 aromatic heterocycles. The van der Waals surface area contributed by atoms with Gasteiger partial charge in [0.2, 0.25) is 0 Å². The van der Waals surface area contributed by atoms with Gasteiger partial charge in [0, 0.05) is 19.3 Å². The van der Waals surface area contributed by atoms with Gasteiger partial charge < -0.3 is 14.6 Å². The van der Waals surface area contributed by atoms with Crippen LogP contribution >= 0.6 is 0 Å². The highest BCUT2D eigenvalue weighted by molar-refractivity contribution is 5.86. The highest BCUT2D eigenvalue weighted by Crippen LogP contribution is 2.27. The first kappa shape index (κ1) is 17.8. The van der Waals surface area contributed by atoms with Crippen LogP contribution in [-0.2, 0) is 13.6 Å². The summed E-state index contributed by atoms with van der Waals surface area (Å²) in [6, 6.07) is 15.8. The third kappa shape index (κ3) is 3.22. The molecule has 2 aromatic carbocycles. The molecular formula is C21H21N5O2. The monoisotopic (exact) mass is 375 g/mol. The minimum absolute atomic E-state index is 0.355. The van der Waals surface area contributed by atoms with E-state index in [1.807, 2.05) is 47.9 Å². The minimum atomic E-state index is -0.355. The van der Waals surface area contributed by atoms with Crippen LogP contribution in [0.3, 0.4) is 0 Å². The van der Waals surface area contributed by atoms with Gasteiger partial charge in [0.25, 0.3) is 0 Å². The Hall–Kier alpha value is -3.61. The summed E-state index contributed by atoms with van der Waals surface area (Å²) in [4.78, 5) is 21.1. The Labute approximate surface area is 162 Å². The van der Waals surface area contributed by atoms with Crippen molar-refractivity contribution >= 4 is 22.7 Å². The average Bonchev–Trinajstić information content (AvgIpc) is 3.12. The molecule has 0 saturated heterocycles. The first-order valence-corrected chi connectivity index (χ1v) is 8.94. The average molecular weight is 375 g/mol. The summed E-state index contributed by atoms with van der Waals surface area (Å²) >= 11 is 0. The number of nitrogens with zero attached hydrogens (tertiary/aromatic N) is 4. The van der Waals surface area contributed by atoms with Gasteiger partial charge in [-0.1, -0.05) is 30.3 Å². The standard InChI is InChI=1S/C21H21N5O2/c1-14-11-16(28-3)9-10-17(14)23-19-18-20(25(2)21(27)24-19)22-13-26(18)12-15-7-5-4-6-8-15/h4-11,13H,12H2,1-3H3,(H,23,24,27). The van der Waals surface area contributed by atoms with E-state index in [0.29, 0.717) is 18.0 Å². The third-order valence-electron chi connectivity index (χ3n) is 4.74. The molecule has 0 aliphatic rings. The molecule has 142 valence electrons. The van der Waals surface area contributed by atoms with Crippen LogP contribution in [0, 0.1) is 6.92 Å². The first-order valence-electron chi connectivity index (χ1n) is 8.94. The molecule has 0 radical (unpaired) electrons. The summed E-state index contributed by atoms with van der Waals surface area (Å²) < 4.78 is 8.73. The number of ether oxygens (including phenoxy) is 1. The molecule has 28 heavy (non-hydrogen) atoms. The summed E-state index contributed by atoms with van der Waals surface area (Å²) in [5.41, 5.74) is 4.00. The smallest absolute Gasteiger partial charge is 0.351 e. The zero-order valence-electron chi connectivity index (χ0n) is 16.0. The maximum Gasteiger partial charge on any atom is 0.351 e. The first-order chi connectivity index (χ1) is 13.6. The lowest BCUT2D eigenvalue weighted by atomic mass is 10.2. The van der Waals surface area contributed by atoms with Gasteiger partial charge in [-0.15, -0.1) is 0 Å². The van der Waals surface area contributed by atoms with Gasteiger partial charge in [-0.3, -0.25) is 4.57 Å². The zero-order chi connectivity index (χ0) is 19.7. The topological polar surface area (TPSA) is 74.0 Å². The molecule has 0 fully saturated rings. The molecule has 0 spiro atoms. The lowest BCUT2D eigenvalue weighted by molar-refractivity contribution is 0.414. The molecule has 0 bridgehead atoms. The van der Waals surface area contributed by atoms with E-state index < -0.39 is 0 Å². The molecular weight excluding hydrogens is 354 g/mol. The largest absolute Gasteiger partial charge is 0.497 e. The van der Waals surface area contributed by atoms with E-state index in [1.54, 1.807) is 20.5 Å². The Morgan fingerprint density at radius 3 is 2.64 bits per heavy atom. The SMILES string of the molecule is COc1ccc(Nc2nc(=O)n(C)c3ncn(Cc4ccccc4)c23)c(C)c1.